The van der Waals surface area contributed by atoms with Gasteiger partial charge in [0, 0.05) is 28.8 Å². The molecule has 0 aliphatic rings. The summed E-state index contributed by atoms with van der Waals surface area (Å²) in [5.41, 5.74) is -2.04. The van der Waals surface area contributed by atoms with Crippen molar-refractivity contribution >= 4 is 21.6 Å². The number of carbonyl (C=O) groups is 1. The van der Waals surface area contributed by atoms with E-state index in [9.17, 15) is 31.2 Å². The van der Waals surface area contributed by atoms with E-state index in [1.54, 1.807) is 24.3 Å². The normalized spacial score (nSPS) is 11.9. The molecule has 1 aromatic heterocycles. The number of hydrogen-bond donors (Lipinski definition) is 2. The van der Waals surface area contributed by atoms with Crippen molar-refractivity contribution in [3.8, 4) is 16.8 Å². The molecule has 1 amide bonds. The minimum Gasteiger partial charge on any atom is -0.322 e. The molecule has 0 aliphatic heterocycles. The van der Waals surface area contributed by atoms with E-state index in [1.807, 2.05) is 6.92 Å². The molecular formula is C33H29F4N5O4S. The van der Waals surface area contributed by atoms with Crippen molar-refractivity contribution in [1.29, 1.82) is 0 Å². The smallest absolute Gasteiger partial charge is 0.322 e. The SMILES string of the molecule is CCCCc1nn(-c2cc(NC(=O)c3ccccc3)ccc2C(F)(F)F)c(=O)n1Cc1ccc(-c2ccccc2S(N)(=O)=O)cc1F. The zero-order valence-corrected chi connectivity index (χ0v) is 25.8. The summed E-state index contributed by atoms with van der Waals surface area (Å²) in [6.45, 7) is 1.52. The number of aryl methyl sites for hydroxylation is 1. The number of unbranched alkanes of at least 4 members (excludes halogenated alkanes) is 1. The number of nitrogens with two attached hydrogens (primary N) is 1. The van der Waals surface area contributed by atoms with E-state index >= 15 is 4.39 Å². The number of nitrogens with one attached hydrogen (secondary N) is 1. The van der Waals surface area contributed by atoms with Crippen molar-refractivity contribution in [2.45, 2.75) is 43.8 Å². The summed E-state index contributed by atoms with van der Waals surface area (Å²) < 4.78 is 83.9. The van der Waals surface area contributed by atoms with Crippen LogP contribution in [0.15, 0.2) is 101 Å². The van der Waals surface area contributed by atoms with Crippen molar-refractivity contribution in [2.75, 3.05) is 5.32 Å². The van der Waals surface area contributed by atoms with E-state index in [1.165, 1.54) is 42.5 Å². The lowest BCUT2D eigenvalue weighted by Gasteiger charge is -2.14. The number of amides is 1. The summed E-state index contributed by atoms with van der Waals surface area (Å²) in [5.74, 6) is -1.22. The van der Waals surface area contributed by atoms with Crippen molar-refractivity contribution < 1.29 is 30.8 Å². The second-order valence-electron chi connectivity index (χ2n) is 10.7. The number of hydrogen-bond acceptors (Lipinski definition) is 5. The Kier molecular flexibility index (Phi) is 9.45. The lowest BCUT2D eigenvalue weighted by atomic mass is 10.0. The highest BCUT2D eigenvalue weighted by Gasteiger charge is 2.35. The van der Waals surface area contributed by atoms with E-state index < -0.39 is 44.9 Å². The van der Waals surface area contributed by atoms with Crippen molar-refractivity contribution in [1.82, 2.24) is 14.3 Å². The summed E-state index contributed by atoms with van der Waals surface area (Å²) in [7, 11) is -4.12. The molecule has 0 aliphatic carbocycles. The Bertz CT molecular complexity index is 2110. The number of sulfonamides is 1. The van der Waals surface area contributed by atoms with Gasteiger partial charge in [-0.2, -0.15) is 17.9 Å². The van der Waals surface area contributed by atoms with Gasteiger partial charge >= 0.3 is 11.9 Å². The third-order valence-corrected chi connectivity index (χ3v) is 8.37. The van der Waals surface area contributed by atoms with Crippen LogP contribution in [-0.2, 0) is 29.2 Å². The molecule has 1 heterocycles. The number of carbonyl (C=O) groups excluding carboxylic acids is 1. The Hall–Kier alpha value is -5.08. The quantitative estimate of drug-likeness (QED) is 0.173. The lowest BCUT2D eigenvalue weighted by Crippen LogP contribution is -2.27. The maximum Gasteiger partial charge on any atom is 0.418 e. The zero-order valence-electron chi connectivity index (χ0n) is 25.0. The molecule has 3 N–H and O–H groups in total. The summed E-state index contributed by atoms with van der Waals surface area (Å²) in [5, 5.41) is 12.1. The molecule has 0 spiro atoms. The number of benzene rings is 4. The van der Waals surface area contributed by atoms with E-state index in [4.69, 9.17) is 5.14 Å². The molecule has 0 unspecified atom stereocenters. The molecule has 5 rings (SSSR count). The van der Waals surface area contributed by atoms with Gasteiger partial charge < -0.3 is 5.32 Å². The van der Waals surface area contributed by atoms with Crippen LogP contribution in [0, 0.1) is 5.82 Å². The van der Waals surface area contributed by atoms with Crippen LogP contribution in [0.2, 0.25) is 0 Å². The maximum atomic E-state index is 15.5. The fourth-order valence-corrected chi connectivity index (χ4v) is 5.82. The van der Waals surface area contributed by atoms with Gasteiger partial charge in [-0.1, -0.05) is 61.9 Å². The molecule has 47 heavy (non-hydrogen) atoms. The number of rotatable bonds is 10. The Balaban J connectivity index is 1.56. The fourth-order valence-electron chi connectivity index (χ4n) is 5.06. The molecule has 244 valence electrons. The average Bonchev–Trinajstić information content (AvgIpc) is 3.34. The van der Waals surface area contributed by atoms with E-state index in [0.29, 0.717) is 17.5 Å². The third-order valence-electron chi connectivity index (χ3n) is 7.40. The predicted octanol–water partition coefficient (Wildman–Crippen LogP) is 6.15. The van der Waals surface area contributed by atoms with Crippen molar-refractivity contribution in [3.63, 3.8) is 0 Å². The molecule has 0 atom stereocenters. The van der Waals surface area contributed by atoms with E-state index in [-0.39, 0.29) is 51.6 Å². The van der Waals surface area contributed by atoms with Crippen molar-refractivity contribution in [2.24, 2.45) is 5.14 Å². The van der Waals surface area contributed by atoms with Crippen LogP contribution in [0.5, 0.6) is 0 Å². The Labute approximate surface area is 267 Å². The van der Waals surface area contributed by atoms with E-state index in [0.717, 1.165) is 28.8 Å². The summed E-state index contributed by atoms with van der Waals surface area (Å²) >= 11 is 0. The molecule has 14 heteroatoms. The van der Waals surface area contributed by atoms with Gasteiger partial charge in [0.25, 0.3) is 5.91 Å². The van der Waals surface area contributed by atoms with Crippen LogP contribution < -0.4 is 16.1 Å². The molecule has 0 saturated heterocycles. The maximum absolute atomic E-state index is 15.5. The number of nitrogens with zero attached hydrogens (tertiary/aromatic N) is 3. The Morgan fingerprint density at radius 2 is 1.66 bits per heavy atom. The van der Waals surface area contributed by atoms with Crippen LogP contribution in [0.4, 0.5) is 23.2 Å². The fraction of sp³-hybridized carbons (Fsp3) is 0.182. The highest BCUT2D eigenvalue weighted by Crippen LogP contribution is 2.35. The number of anilines is 1. The van der Waals surface area contributed by atoms with Gasteiger partial charge in [-0.05, 0) is 54.4 Å². The standard InChI is InChI=1S/C33H29F4N5O4S/c1-2-3-13-30-40-42(28-19-24(16-17-26(28)33(35,36)37)39-31(43)21-9-5-4-6-10-21)32(44)41(30)20-23-15-14-22(18-27(23)34)25-11-7-8-12-29(25)47(38,45)46/h4-12,14-19H,2-3,13,20H2,1H3,(H,39,43)(H2,38,45,46). The van der Waals surface area contributed by atoms with Crippen molar-refractivity contribution in [3.05, 3.63) is 130 Å². The Morgan fingerprint density at radius 3 is 2.32 bits per heavy atom. The first-order valence-corrected chi connectivity index (χ1v) is 16.0. The summed E-state index contributed by atoms with van der Waals surface area (Å²) in [4.78, 5) is 26.3. The molecule has 9 nitrogen and oxygen atoms in total. The first-order valence-electron chi connectivity index (χ1n) is 14.4. The molecule has 5 aromatic rings. The minimum atomic E-state index is -4.88. The Morgan fingerprint density at radius 1 is 0.957 bits per heavy atom. The molecule has 0 fully saturated rings. The van der Waals surface area contributed by atoms with Gasteiger partial charge in [0.05, 0.1) is 22.7 Å². The molecule has 4 aromatic carbocycles. The molecule has 0 saturated carbocycles. The lowest BCUT2D eigenvalue weighted by molar-refractivity contribution is -0.137. The van der Waals surface area contributed by atoms with E-state index in [2.05, 4.69) is 10.4 Å². The number of halogens is 4. The predicted molar refractivity (Wildman–Crippen MR) is 168 cm³/mol. The highest BCUT2D eigenvalue weighted by molar-refractivity contribution is 7.89. The first-order chi connectivity index (χ1) is 22.3. The van der Waals surface area contributed by atoms with Crippen LogP contribution in [-0.4, -0.2) is 28.7 Å². The van der Waals surface area contributed by atoms with Gasteiger partial charge in [0.1, 0.15) is 11.6 Å². The second-order valence-corrected chi connectivity index (χ2v) is 12.2. The highest BCUT2D eigenvalue weighted by atomic mass is 32.2. The second kappa shape index (κ2) is 13.3. The van der Waals surface area contributed by atoms with Gasteiger partial charge in [-0.3, -0.25) is 9.36 Å². The summed E-state index contributed by atoms with van der Waals surface area (Å²) in [6.07, 6.45) is -3.44. The van der Waals surface area contributed by atoms with Crippen LogP contribution in [0.3, 0.4) is 0 Å². The topological polar surface area (TPSA) is 129 Å². The summed E-state index contributed by atoms with van der Waals surface area (Å²) in [6, 6.07) is 20.6. The van der Waals surface area contributed by atoms with Gasteiger partial charge in [-0.15, -0.1) is 5.10 Å². The number of aromatic nitrogens is 3. The minimum absolute atomic E-state index is 0.000167. The van der Waals surface area contributed by atoms with Gasteiger partial charge in [-0.25, -0.2) is 22.7 Å². The average molecular weight is 668 g/mol. The number of primary sulfonamides is 1. The van der Waals surface area contributed by atoms with Gasteiger partial charge in [0.2, 0.25) is 10.0 Å². The molecular weight excluding hydrogens is 638 g/mol. The van der Waals surface area contributed by atoms with Gasteiger partial charge in [0.15, 0.2) is 0 Å². The van der Waals surface area contributed by atoms with Crippen LogP contribution in [0.1, 0.15) is 47.1 Å². The zero-order chi connectivity index (χ0) is 33.9. The monoisotopic (exact) mass is 667 g/mol. The third kappa shape index (κ3) is 7.34. The molecule has 0 radical (unpaired) electrons. The largest absolute Gasteiger partial charge is 0.418 e. The van der Waals surface area contributed by atoms with Crippen LogP contribution in [0.25, 0.3) is 16.8 Å². The first kappa shape index (κ1) is 33.3. The molecule has 0 bridgehead atoms. The van der Waals surface area contributed by atoms with Crippen LogP contribution >= 0.6 is 0 Å². The number of alkyl halides is 3.